The Morgan fingerprint density at radius 2 is 1.83 bits per heavy atom. The van der Waals surface area contributed by atoms with Crippen molar-refractivity contribution in [3.63, 3.8) is 0 Å². The topological polar surface area (TPSA) is 44.8 Å². The fourth-order valence-electron chi connectivity index (χ4n) is 3.97. The second-order valence-electron chi connectivity index (χ2n) is 8.11. The largest absolute Gasteiger partial charge is 0.483 e. The molecule has 0 spiro atoms. The smallest absolute Gasteiger partial charge is 0.262 e. The third-order valence-corrected chi connectivity index (χ3v) is 6.06. The molecule has 0 aromatic heterocycles. The predicted octanol–water partition coefficient (Wildman–Crippen LogP) is 4.67. The number of para-hydroxylation sites is 1. The van der Waals surface area contributed by atoms with Gasteiger partial charge in [0.2, 0.25) is 0 Å². The van der Waals surface area contributed by atoms with Crippen LogP contribution in [0.1, 0.15) is 44.2 Å². The van der Waals surface area contributed by atoms with Gasteiger partial charge in [0.1, 0.15) is 5.75 Å². The highest BCUT2D eigenvalue weighted by Gasteiger charge is 2.17. The molecule has 0 bridgehead atoms. The third-order valence-electron chi connectivity index (χ3n) is 6.06. The standard InChI is InChI=1S/C25H35N3O2/c1-5-19(3)22-9-7-8-10-24(22)30-18-25(29)26-21-11-12-23(20(4)17-21)28-15-13-27(6-2)14-16-28/h7-12,17,19H,5-6,13-16,18H2,1-4H3,(H,26,29). The molecule has 0 aliphatic carbocycles. The molecule has 1 aliphatic heterocycles. The molecule has 5 nitrogen and oxygen atoms in total. The number of carbonyl (C=O) groups is 1. The number of likely N-dealkylation sites (N-methyl/N-ethyl adjacent to an activating group) is 1. The Hall–Kier alpha value is -2.53. The van der Waals surface area contributed by atoms with E-state index in [1.165, 1.54) is 11.3 Å². The van der Waals surface area contributed by atoms with Crippen LogP contribution in [-0.4, -0.2) is 50.1 Å². The van der Waals surface area contributed by atoms with Crippen LogP contribution in [0.15, 0.2) is 42.5 Å². The highest BCUT2D eigenvalue weighted by molar-refractivity contribution is 5.92. The molecule has 1 heterocycles. The van der Waals surface area contributed by atoms with E-state index in [1.807, 2.05) is 30.3 Å². The average Bonchev–Trinajstić information content (AvgIpc) is 2.77. The van der Waals surface area contributed by atoms with Crippen LogP contribution in [0.5, 0.6) is 5.75 Å². The molecule has 2 aromatic carbocycles. The fourth-order valence-corrected chi connectivity index (χ4v) is 3.97. The number of hydrogen-bond acceptors (Lipinski definition) is 4. The van der Waals surface area contributed by atoms with Gasteiger partial charge in [0.05, 0.1) is 0 Å². The molecule has 1 N–H and O–H groups in total. The second-order valence-corrected chi connectivity index (χ2v) is 8.11. The number of piperazine rings is 1. The SMILES string of the molecule is CCC(C)c1ccccc1OCC(=O)Nc1ccc(N2CCN(CC)CC2)c(C)c1. The third kappa shape index (κ3) is 5.54. The molecule has 3 rings (SSSR count). The van der Waals surface area contributed by atoms with E-state index in [0.717, 1.165) is 56.1 Å². The maximum absolute atomic E-state index is 12.5. The first-order chi connectivity index (χ1) is 14.5. The van der Waals surface area contributed by atoms with Crippen LogP contribution in [0.25, 0.3) is 0 Å². The van der Waals surface area contributed by atoms with Crippen molar-refractivity contribution in [2.45, 2.75) is 40.0 Å². The molecular formula is C25H35N3O2. The number of nitrogens with one attached hydrogen (secondary N) is 1. The predicted molar refractivity (Wildman–Crippen MR) is 125 cm³/mol. The van der Waals surface area contributed by atoms with Gasteiger partial charge in [-0.25, -0.2) is 0 Å². The molecule has 0 radical (unpaired) electrons. The molecule has 162 valence electrons. The van der Waals surface area contributed by atoms with Crippen LogP contribution in [0.4, 0.5) is 11.4 Å². The Morgan fingerprint density at radius 3 is 2.50 bits per heavy atom. The summed E-state index contributed by atoms with van der Waals surface area (Å²) in [5.74, 6) is 1.05. The fraction of sp³-hybridized carbons (Fsp3) is 0.480. The van der Waals surface area contributed by atoms with Gasteiger partial charge in [0.25, 0.3) is 5.91 Å². The van der Waals surface area contributed by atoms with Crippen molar-refractivity contribution in [1.82, 2.24) is 4.90 Å². The monoisotopic (exact) mass is 409 g/mol. The Bertz CT molecular complexity index is 844. The van der Waals surface area contributed by atoms with Crippen LogP contribution >= 0.6 is 0 Å². The number of nitrogens with zero attached hydrogens (tertiary/aromatic N) is 2. The van der Waals surface area contributed by atoms with E-state index < -0.39 is 0 Å². The van der Waals surface area contributed by atoms with Gasteiger partial charge >= 0.3 is 0 Å². The number of aryl methyl sites for hydroxylation is 1. The lowest BCUT2D eigenvalue weighted by molar-refractivity contribution is -0.118. The highest BCUT2D eigenvalue weighted by atomic mass is 16.5. The molecule has 1 amide bonds. The molecule has 2 aromatic rings. The Morgan fingerprint density at radius 1 is 1.10 bits per heavy atom. The van der Waals surface area contributed by atoms with Crippen molar-refractivity contribution in [3.05, 3.63) is 53.6 Å². The van der Waals surface area contributed by atoms with Crippen molar-refractivity contribution in [3.8, 4) is 5.75 Å². The van der Waals surface area contributed by atoms with E-state index in [4.69, 9.17) is 4.74 Å². The summed E-state index contributed by atoms with van der Waals surface area (Å²) in [4.78, 5) is 17.4. The minimum atomic E-state index is -0.141. The summed E-state index contributed by atoms with van der Waals surface area (Å²) in [5, 5.41) is 2.97. The number of hydrogen-bond donors (Lipinski definition) is 1. The lowest BCUT2D eigenvalue weighted by Gasteiger charge is -2.36. The number of ether oxygens (including phenoxy) is 1. The van der Waals surface area contributed by atoms with E-state index in [1.54, 1.807) is 0 Å². The molecule has 1 saturated heterocycles. The van der Waals surface area contributed by atoms with Crippen LogP contribution in [0, 0.1) is 6.92 Å². The molecule has 5 heteroatoms. The number of anilines is 2. The first-order valence-electron chi connectivity index (χ1n) is 11.1. The lowest BCUT2D eigenvalue weighted by atomic mass is 9.98. The Labute approximate surface area is 181 Å². The molecule has 0 saturated carbocycles. The number of rotatable bonds is 8. The Kier molecular flexibility index (Phi) is 7.75. The molecule has 1 aliphatic rings. The summed E-state index contributed by atoms with van der Waals surface area (Å²) in [6.07, 6.45) is 1.03. The quantitative estimate of drug-likeness (QED) is 0.688. The van der Waals surface area contributed by atoms with Gasteiger partial charge in [-0.3, -0.25) is 4.79 Å². The minimum Gasteiger partial charge on any atom is -0.483 e. The summed E-state index contributed by atoms with van der Waals surface area (Å²) in [5.41, 5.74) is 4.40. The normalized spacial score (nSPS) is 15.7. The second kappa shape index (κ2) is 10.5. The van der Waals surface area contributed by atoms with Crippen molar-refractivity contribution in [2.75, 3.05) is 49.5 Å². The van der Waals surface area contributed by atoms with Crippen molar-refractivity contribution in [2.24, 2.45) is 0 Å². The summed E-state index contributed by atoms with van der Waals surface area (Å²) in [6.45, 7) is 14.1. The number of carbonyl (C=O) groups excluding carboxylic acids is 1. The van der Waals surface area contributed by atoms with Crippen LogP contribution < -0.4 is 15.0 Å². The minimum absolute atomic E-state index is 0.00717. The van der Waals surface area contributed by atoms with E-state index in [0.29, 0.717) is 5.92 Å². The van der Waals surface area contributed by atoms with E-state index in [2.05, 4.69) is 54.9 Å². The number of amides is 1. The van der Waals surface area contributed by atoms with Gasteiger partial charge in [-0.1, -0.05) is 39.0 Å². The maximum Gasteiger partial charge on any atom is 0.262 e. The molecule has 1 atom stereocenters. The van der Waals surface area contributed by atoms with Crippen LogP contribution in [-0.2, 0) is 4.79 Å². The van der Waals surface area contributed by atoms with Gasteiger partial charge in [-0.2, -0.15) is 0 Å². The molecule has 1 unspecified atom stereocenters. The first-order valence-corrected chi connectivity index (χ1v) is 11.1. The summed E-state index contributed by atoms with van der Waals surface area (Å²) >= 11 is 0. The maximum atomic E-state index is 12.5. The van der Waals surface area contributed by atoms with Crippen molar-refractivity contribution < 1.29 is 9.53 Å². The molecule has 1 fully saturated rings. The first kappa shape index (κ1) is 22.2. The van der Waals surface area contributed by atoms with Crippen LogP contribution in [0.3, 0.4) is 0 Å². The zero-order chi connectivity index (χ0) is 21.5. The molecule has 30 heavy (non-hydrogen) atoms. The zero-order valence-electron chi connectivity index (χ0n) is 18.8. The van der Waals surface area contributed by atoms with Crippen molar-refractivity contribution in [1.29, 1.82) is 0 Å². The average molecular weight is 410 g/mol. The van der Waals surface area contributed by atoms with Gasteiger partial charge in [0, 0.05) is 37.6 Å². The van der Waals surface area contributed by atoms with E-state index in [-0.39, 0.29) is 12.5 Å². The zero-order valence-corrected chi connectivity index (χ0v) is 18.8. The van der Waals surface area contributed by atoms with Crippen LogP contribution in [0.2, 0.25) is 0 Å². The molecular weight excluding hydrogens is 374 g/mol. The van der Waals surface area contributed by atoms with E-state index >= 15 is 0 Å². The van der Waals surface area contributed by atoms with Gasteiger partial charge < -0.3 is 19.9 Å². The van der Waals surface area contributed by atoms with Crippen molar-refractivity contribution >= 4 is 17.3 Å². The van der Waals surface area contributed by atoms with Gasteiger partial charge in [-0.15, -0.1) is 0 Å². The lowest BCUT2D eigenvalue weighted by Crippen LogP contribution is -2.46. The van der Waals surface area contributed by atoms with Gasteiger partial charge in [-0.05, 0) is 61.2 Å². The summed E-state index contributed by atoms with van der Waals surface area (Å²) in [7, 11) is 0. The summed E-state index contributed by atoms with van der Waals surface area (Å²) < 4.78 is 5.84. The number of benzene rings is 2. The Balaban J connectivity index is 1.57. The highest BCUT2D eigenvalue weighted by Crippen LogP contribution is 2.28. The van der Waals surface area contributed by atoms with E-state index in [9.17, 15) is 4.79 Å². The van der Waals surface area contributed by atoms with Gasteiger partial charge in [0.15, 0.2) is 6.61 Å². The summed E-state index contributed by atoms with van der Waals surface area (Å²) in [6, 6.07) is 14.1.